The summed E-state index contributed by atoms with van der Waals surface area (Å²) in [5.41, 5.74) is 0. The van der Waals surface area contributed by atoms with Crippen molar-refractivity contribution >= 4 is 0 Å². The van der Waals surface area contributed by atoms with Gasteiger partial charge in [0.05, 0.1) is 6.10 Å². The number of aliphatic hydroxyl groups is 1. The number of rotatable bonds is 2. The van der Waals surface area contributed by atoms with Gasteiger partial charge < -0.3 is 5.11 Å². The van der Waals surface area contributed by atoms with Gasteiger partial charge in [-0.15, -0.1) is 0 Å². The fourth-order valence-corrected chi connectivity index (χ4v) is 3.39. The van der Waals surface area contributed by atoms with Crippen LogP contribution in [0.5, 0.6) is 0 Å². The highest BCUT2D eigenvalue weighted by Gasteiger charge is 2.36. The summed E-state index contributed by atoms with van der Waals surface area (Å²) in [6, 6.07) is 0.451. The standard InChI is InChI=1S/C14H27NO/c1-10(2)12-6-7-15(9-12)13-8-11(3)4-5-14(13)16/h10-14,16H,4-9H2,1-3H3. The normalized spacial score (nSPS) is 41.8. The summed E-state index contributed by atoms with van der Waals surface area (Å²) in [6.45, 7) is 9.40. The Balaban J connectivity index is 1.92. The van der Waals surface area contributed by atoms with E-state index in [0.29, 0.717) is 6.04 Å². The molecule has 2 nitrogen and oxygen atoms in total. The fourth-order valence-electron chi connectivity index (χ4n) is 3.39. The Kier molecular flexibility index (Phi) is 3.91. The number of hydrogen-bond acceptors (Lipinski definition) is 2. The largest absolute Gasteiger partial charge is 0.391 e. The number of hydrogen-bond donors (Lipinski definition) is 1. The second kappa shape index (κ2) is 5.05. The molecule has 2 heteroatoms. The third-order valence-corrected chi connectivity index (χ3v) is 4.71. The van der Waals surface area contributed by atoms with Crippen LogP contribution in [0.15, 0.2) is 0 Å². The fraction of sp³-hybridized carbons (Fsp3) is 1.00. The second-order valence-corrected chi connectivity index (χ2v) is 6.34. The van der Waals surface area contributed by atoms with Crippen LogP contribution < -0.4 is 0 Å². The van der Waals surface area contributed by atoms with E-state index < -0.39 is 0 Å². The molecule has 2 fully saturated rings. The van der Waals surface area contributed by atoms with Crippen LogP contribution in [0.2, 0.25) is 0 Å². The van der Waals surface area contributed by atoms with E-state index in [2.05, 4.69) is 25.7 Å². The third-order valence-electron chi connectivity index (χ3n) is 4.71. The van der Waals surface area contributed by atoms with Gasteiger partial charge in [0, 0.05) is 12.6 Å². The van der Waals surface area contributed by atoms with Crippen LogP contribution in [-0.4, -0.2) is 35.2 Å². The topological polar surface area (TPSA) is 23.5 Å². The van der Waals surface area contributed by atoms with E-state index in [1.54, 1.807) is 0 Å². The quantitative estimate of drug-likeness (QED) is 0.780. The first-order valence-electron chi connectivity index (χ1n) is 7.00. The molecule has 0 aromatic rings. The Morgan fingerprint density at radius 3 is 2.56 bits per heavy atom. The van der Waals surface area contributed by atoms with E-state index in [0.717, 1.165) is 24.2 Å². The van der Waals surface area contributed by atoms with Crippen LogP contribution in [0.25, 0.3) is 0 Å². The molecule has 4 unspecified atom stereocenters. The molecule has 1 saturated heterocycles. The van der Waals surface area contributed by atoms with Crippen molar-refractivity contribution in [3.8, 4) is 0 Å². The van der Waals surface area contributed by atoms with E-state index in [9.17, 15) is 5.11 Å². The van der Waals surface area contributed by atoms with E-state index >= 15 is 0 Å². The zero-order valence-electron chi connectivity index (χ0n) is 11.0. The van der Waals surface area contributed by atoms with Crippen molar-refractivity contribution in [3.05, 3.63) is 0 Å². The van der Waals surface area contributed by atoms with Crippen LogP contribution in [0.3, 0.4) is 0 Å². The first-order valence-corrected chi connectivity index (χ1v) is 7.00. The lowest BCUT2D eigenvalue weighted by atomic mass is 9.84. The Labute approximate surface area is 100 Å². The molecule has 94 valence electrons. The second-order valence-electron chi connectivity index (χ2n) is 6.34. The maximum Gasteiger partial charge on any atom is 0.0695 e. The highest BCUT2D eigenvalue weighted by atomic mass is 16.3. The van der Waals surface area contributed by atoms with Gasteiger partial charge in [-0.3, -0.25) is 4.90 Å². The maximum absolute atomic E-state index is 10.1. The highest BCUT2D eigenvalue weighted by Crippen LogP contribution is 2.32. The molecule has 0 spiro atoms. The van der Waals surface area contributed by atoms with Crippen molar-refractivity contribution < 1.29 is 5.11 Å². The van der Waals surface area contributed by atoms with Gasteiger partial charge in [0.1, 0.15) is 0 Å². The Hall–Kier alpha value is -0.0800. The number of aliphatic hydroxyl groups excluding tert-OH is 1. The number of nitrogens with zero attached hydrogens (tertiary/aromatic N) is 1. The first kappa shape index (κ1) is 12.4. The van der Waals surface area contributed by atoms with Crippen molar-refractivity contribution in [2.45, 2.75) is 58.6 Å². The molecule has 0 amide bonds. The van der Waals surface area contributed by atoms with Gasteiger partial charge in [-0.05, 0) is 50.0 Å². The number of likely N-dealkylation sites (tertiary alicyclic amines) is 1. The predicted octanol–water partition coefficient (Wildman–Crippen LogP) is 2.51. The lowest BCUT2D eigenvalue weighted by Crippen LogP contribution is -2.46. The summed E-state index contributed by atoms with van der Waals surface area (Å²) in [7, 11) is 0. The molecule has 0 aromatic carbocycles. The molecule has 0 radical (unpaired) electrons. The van der Waals surface area contributed by atoms with Crippen molar-refractivity contribution in [2.75, 3.05) is 13.1 Å². The summed E-state index contributed by atoms with van der Waals surface area (Å²) in [5, 5.41) is 10.1. The summed E-state index contributed by atoms with van der Waals surface area (Å²) in [6.07, 6.45) is 4.68. The van der Waals surface area contributed by atoms with Gasteiger partial charge in [-0.1, -0.05) is 20.8 Å². The molecule has 0 aromatic heterocycles. The summed E-state index contributed by atoms with van der Waals surface area (Å²) in [5.74, 6) is 2.44. The summed E-state index contributed by atoms with van der Waals surface area (Å²) >= 11 is 0. The van der Waals surface area contributed by atoms with Gasteiger partial charge in [-0.2, -0.15) is 0 Å². The van der Waals surface area contributed by atoms with Crippen LogP contribution in [-0.2, 0) is 0 Å². The highest BCUT2D eigenvalue weighted by molar-refractivity contribution is 4.90. The van der Waals surface area contributed by atoms with Crippen molar-refractivity contribution in [3.63, 3.8) is 0 Å². The zero-order valence-corrected chi connectivity index (χ0v) is 11.0. The summed E-state index contributed by atoms with van der Waals surface area (Å²) < 4.78 is 0. The molecule has 1 aliphatic heterocycles. The molecule has 4 atom stereocenters. The van der Waals surface area contributed by atoms with Crippen molar-refractivity contribution in [1.29, 1.82) is 0 Å². The zero-order chi connectivity index (χ0) is 11.7. The lowest BCUT2D eigenvalue weighted by molar-refractivity contribution is 0.0138. The molecule has 1 aliphatic carbocycles. The maximum atomic E-state index is 10.1. The molecular weight excluding hydrogens is 198 g/mol. The molecule has 2 rings (SSSR count). The van der Waals surface area contributed by atoms with E-state index in [-0.39, 0.29) is 6.10 Å². The molecule has 1 saturated carbocycles. The van der Waals surface area contributed by atoms with E-state index in [4.69, 9.17) is 0 Å². The van der Waals surface area contributed by atoms with Gasteiger partial charge in [0.15, 0.2) is 0 Å². The molecule has 1 N–H and O–H groups in total. The minimum absolute atomic E-state index is 0.0675. The van der Waals surface area contributed by atoms with Gasteiger partial charge >= 0.3 is 0 Å². The average Bonchev–Trinajstić information content (AvgIpc) is 2.70. The Bertz CT molecular complexity index is 229. The minimum Gasteiger partial charge on any atom is -0.391 e. The van der Waals surface area contributed by atoms with E-state index in [1.165, 1.54) is 32.4 Å². The van der Waals surface area contributed by atoms with Gasteiger partial charge in [-0.25, -0.2) is 0 Å². The molecule has 2 aliphatic rings. The predicted molar refractivity (Wildman–Crippen MR) is 67.3 cm³/mol. The van der Waals surface area contributed by atoms with Crippen LogP contribution in [0, 0.1) is 17.8 Å². The molecule has 0 bridgehead atoms. The Morgan fingerprint density at radius 1 is 1.19 bits per heavy atom. The first-order chi connectivity index (χ1) is 7.58. The van der Waals surface area contributed by atoms with E-state index in [1.807, 2.05) is 0 Å². The van der Waals surface area contributed by atoms with Crippen molar-refractivity contribution in [2.24, 2.45) is 17.8 Å². The minimum atomic E-state index is -0.0675. The lowest BCUT2D eigenvalue weighted by Gasteiger charge is -2.38. The Morgan fingerprint density at radius 2 is 1.94 bits per heavy atom. The molecule has 16 heavy (non-hydrogen) atoms. The average molecular weight is 225 g/mol. The van der Waals surface area contributed by atoms with Crippen LogP contribution >= 0.6 is 0 Å². The van der Waals surface area contributed by atoms with Gasteiger partial charge in [0.2, 0.25) is 0 Å². The van der Waals surface area contributed by atoms with Crippen LogP contribution in [0.4, 0.5) is 0 Å². The third kappa shape index (κ3) is 2.60. The SMILES string of the molecule is CC1CCC(O)C(N2CCC(C(C)C)C2)C1. The van der Waals surface area contributed by atoms with Crippen LogP contribution in [0.1, 0.15) is 46.5 Å². The summed E-state index contributed by atoms with van der Waals surface area (Å²) in [4.78, 5) is 2.56. The van der Waals surface area contributed by atoms with Gasteiger partial charge in [0.25, 0.3) is 0 Å². The molecular formula is C14H27NO. The monoisotopic (exact) mass is 225 g/mol. The molecule has 1 heterocycles. The smallest absolute Gasteiger partial charge is 0.0695 e. The van der Waals surface area contributed by atoms with Crippen molar-refractivity contribution in [1.82, 2.24) is 4.90 Å².